The monoisotopic (exact) mass is 300 g/mol. The van der Waals surface area contributed by atoms with Gasteiger partial charge in [-0.15, -0.1) is 0 Å². The fourth-order valence-corrected chi connectivity index (χ4v) is 2.53. The normalized spacial score (nSPS) is 28.3. The summed E-state index contributed by atoms with van der Waals surface area (Å²) in [5.41, 5.74) is -0.570. The van der Waals surface area contributed by atoms with E-state index in [1.807, 2.05) is 13.8 Å². The van der Waals surface area contributed by atoms with Crippen LogP contribution in [-0.4, -0.2) is 29.3 Å². The van der Waals surface area contributed by atoms with Crippen LogP contribution in [-0.2, 0) is 4.74 Å². The Bertz CT molecular complexity index is 461. The molecule has 0 heterocycles. The first kappa shape index (κ1) is 16.0. The lowest BCUT2D eigenvalue weighted by molar-refractivity contribution is -0.180. The largest absolute Gasteiger partial charge is 0.508 e. The zero-order valence-electron chi connectivity index (χ0n) is 12.4. The molecule has 3 nitrogen and oxygen atoms in total. The van der Waals surface area contributed by atoms with Gasteiger partial charge in [0.25, 0.3) is 5.92 Å². The molecule has 1 aliphatic rings. The van der Waals surface area contributed by atoms with Crippen molar-refractivity contribution >= 4 is 0 Å². The molecule has 1 N–H and O–H groups in total. The molecule has 5 heteroatoms. The number of phenols is 1. The summed E-state index contributed by atoms with van der Waals surface area (Å²) in [6.45, 7) is 4.42. The molecule has 0 radical (unpaired) electrons. The molecule has 2 atom stereocenters. The first-order chi connectivity index (χ1) is 9.85. The summed E-state index contributed by atoms with van der Waals surface area (Å²) in [7, 11) is 0. The van der Waals surface area contributed by atoms with E-state index in [-0.39, 0.29) is 18.6 Å². The Kier molecular flexibility index (Phi) is 4.71. The van der Waals surface area contributed by atoms with Crippen LogP contribution >= 0.6 is 0 Å². The second kappa shape index (κ2) is 6.18. The fraction of sp³-hybridized carbons (Fsp3) is 0.625. The number of phenolic OH excluding ortho intramolecular Hbond substituents is 1. The molecule has 0 bridgehead atoms. The highest BCUT2D eigenvalue weighted by molar-refractivity contribution is 5.30. The summed E-state index contributed by atoms with van der Waals surface area (Å²) >= 11 is 0. The SMILES string of the molecule is CCCOC1(C)CCC(F)(F)C(Oc2ccc(O)cc2)C1. The summed E-state index contributed by atoms with van der Waals surface area (Å²) in [5, 5.41) is 9.22. The van der Waals surface area contributed by atoms with Gasteiger partial charge in [0.1, 0.15) is 11.5 Å². The van der Waals surface area contributed by atoms with Crippen LogP contribution in [0.1, 0.15) is 39.5 Å². The number of benzene rings is 1. The molecule has 118 valence electrons. The predicted octanol–water partition coefficient (Wildman–Crippen LogP) is 4.14. The van der Waals surface area contributed by atoms with Crippen molar-refractivity contribution in [3.05, 3.63) is 24.3 Å². The van der Waals surface area contributed by atoms with Crippen molar-refractivity contribution in [3.63, 3.8) is 0 Å². The summed E-state index contributed by atoms with van der Waals surface area (Å²) in [5.74, 6) is -2.46. The van der Waals surface area contributed by atoms with Crippen LogP contribution in [0, 0.1) is 0 Å². The van der Waals surface area contributed by atoms with Crippen molar-refractivity contribution in [2.45, 2.75) is 57.2 Å². The summed E-state index contributed by atoms with van der Waals surface area (Å²) in [4.78, 5) is 0. The molecule has 0 aliphatic heterocycles. The Hall–Kier alpha value is -1.36. The van der Waals surface area contributed by atoms with E-state index < -0.39 is 17.6 Å². The Balaban J connectivity index is 2.08. The zero-order chi connectivity index (χ0) is 15.5. The maximum Gasteiger partial charge on any atom is 0.284 e. The van der Waals surface area contributed by atoms with E-state index in [1.165, 1.54) is 24.3 Å². The minimum atomic E-state index is -2.87. The van der Waals surface area contributed by atoms with Crippen molar-refractivity contribution in [3.8, 4) is 11.5 Å². The van der Waals surface area contributed by atoms with Crippen LogP contribution in [0.4, 0.5) is 8.78 Å². The molecule has 2 unspecified atom stereocenters. The highest BCUT2D eigenvalue weighted by atomic mass is 19.3. The summed E-state index contributed by atoms with van der Waals surface area (Å²) in [6, 6.07) is 5.82. The first-order valence-corrected chi connectivity index (χ1v) is 7.32. The highest BCUT2D eigenvalue weighted by Gasteiger charge is 2.51. The minimum Gasteiger partial charge on any atom is -0.508 e. The molecular formula is C16H22F2O3. The first-order valence-electron chi connectivity index (χ1n) is 7.32. The van der Waals surface area contributed by atoms with Crippen LogP contribution in [0.15, 0.2) is 24.3 Å². The number of aromatic hydroxyl groups is 1. The maximum absolute atomic E-state index is 14.1. The Morgan fingerprint density at radius 3 is 2.52 bits per heavy atom. The minimum absolute atomic E-state index is 0.0777. The number of halogens is 2. The van der Waals surface area contributed by atoms with Gasteiger partial charge in [-0.05, 0) is 44.0 Å². The lowest BCUT2D eigenvalue weighted by Crippen LogP contribution is -2.51. The van der Waals surface area contributed by atoms with Crippen molar-refractivity contribution in [2.75, 3.05) is 6.61 Å². The van der Waals surface area contributed by atoms with Crippen LogP contribution in [0.2, 0.25) is 0 Å². The molecule has 1 aromatic carbocycles. The van der Waals surface area contributed by atoms with Crippen LogP contribution in [0.3, 0.4) is 0 Å². The topological polar surface area (TPSA) is 38.7 Å². The van der Waals surface area contributed by atoms with Gasteiger partial charge in [-0.1, -0.05) is 6.92 Å². The number of rotatable bonds is 5. The molecule has 0 spiro atoms. The fourth-order valence-electron chi connectivity index (χ4n) is 2.53. The number of hydrogen-bond donors (Lipinski definition) is 1. The average Bonchev–Trinajstić information content (AvgIpc) is 2.44. The number of alkyl halides is 2. The van der Waals surface area contributed by atoms with Gasteiger partial charge >= 0.3 is 0 Å². The van der Waals surface area contributed by atoms with Crippen molar-refractivity contribution in [1.82, 2.24) is 0 Å². The second-order valence-electron chi connectivity index (χ2n) is 5.86. The summed E-state index contributed by atoms with van der Waals surface area (Å²) < 4.78 is 39.3. The van der Waals surface area contributed by atoms with E-state index in [0.29, 0.717) is 18.8 Å². The quantitative estimate of drug-likeness (QED) is 0.888. The van der Waals surface area contributed by atoms with Gasteiger partial charge in [-0.3, -0.25) is 0 Å². The molecule has 0 aromatic heterocycles. The predicted molar refractivity (Wildman–Crippen MR) is 76.0 cm³/mol. The zero-order valence-corrected chi connectivity index (χ0v) is 12.4. The van der Waals surface area contributed by atoms with Gasteiger partial charge in [0.05, 0.1) is 5.60 Å². The van der Waals surface area contributed by atoms with E-state index >= 15 is 0 Å². The molecular weight excluding hydrogens is 278 g/mol. The Morgan fingerprint density at radius 2 is 1.90 bits per heavy atom. The molecule has 0 amide bonds. The van der Waals surface area contributed by atoms with E-state index in [4.69, 9.17) is 9.47 Å². The van der Waals surface area contributed by atoms with E-state index in [1.54, 1.807) is 0 Å². The third-order valence-corrected chi connectivity index (χ3v) is 3.85. The van der Waals surface area contributed by atoms with Gasteiger partial charge in [-0.2, -0.15) is 0 Å². The number of hydrogen-bond acceptors (Lipinski definition) is 3. The molecule has 1 fully saturated rings. The molecule has 2 rings (SSSR count). The second-order valence-corrected chi connectivity index (χ2v) is 5.86. The van der Waals surface area contributed by atoms with Gasteiger partial charge in [0.15, 0.2) is 6.10 Å². The molecule has 21 heavy (non-hydrogen) atoms. The van der Waals surface area contributed by atoms with Gasteiger partial charge in [0, 0.05) is 19.4 Å². The van der Waals surface area contributed by atoms with Crippen molar-refractivity contribution in [1.29, 1.82) is 0 Å². The Morgan fingerprint density at radius 1 is 1.24 bits per heavy atom. The molecule has 1 aromatic rings. The van der Waals surface area contributed by atoms with Gasteiger partial charge < -0.3 is 14.6 Å². The Labute approximate surface area is 123 Å². The molecule has 1 saturated carbocycles. The average molecular weight is 300 g/mol. The van der Waals surface area contributed by atoms with Crippen molar-refractivity contribution in [2.24, 2.45) is 0 Å². The van der Waals surface area contributed by atoms with Crippen LogP contribution < -0.4 is 4.74 Å². The maximum atomic E-state index is 14.1. The standard InChI is InChI=1S/C16H22F2O3/c1-3-10-20-15(2)8-9-16(17,18)14(11-15)21-13-6-4-12(19)5-7-13/h4-7,14,19H,3,8-11H2,1-2H3. The van der Waals surface area contributed by atoms with Gasteiger partial charge in [0.2, 0.25) is 0 Å². The third kappa shape index (κ3) is 4.06. The lowest BCUT2D eigenvalue weighted by atomic mass is 9.82. The van der Waals surface area contributed by atoms with E-state index in [9.17, 15) is 13.9 Å². The highest BCUT2D eigenvalue weighted by Crippen LogP contribution is 2.42. The smallest absolute Gasteiger partial charge is 0.284 e. The van der Waals surface area contributed by atoms with E-state index in [0.717, 1.165) is 6.42 Å². The van der Waals surface area contributed by atoms with Crippen LogP contribution in [0.25, 0.3) is 0 Å². The third-order valence-electron chi connectivity index (χ3n) is 3.85. The summed E-state index contributed by atoms with van der Waals surface area (Å²) in [6.07, 6.45) is -0.112. The van der Waals surface area contributed by atoms with Crippen LogP contribution in [0.5, 0.6) is 11.5 Å². The number of ether oxygens (including phenoxy) is 2. The van der Waals surface area contributed by atoms with E-state index in [2.05, 4.69) is 0 Å². The molecule has 1 aliphatic carbocycles. The lowest BCUT2D eigenvalue weighted by Gasteiger charge is -2.42. The van der Waals surface area contributed by atoms with Gasteiger partial charge in [-0.25, -0.2) is 8.78 Å². The molecule has 0 saturated heterocycles. The van der Waals surface area contributed by atoms with Crippen molar-refractivity contribution < 1.29 is 23.4 Å².